The first-order valence-electron chi connectivity index (χ1n) is 11.6. The van der Waals surface area contributed by atoms with E-state index in [1.807, 2.05) is 38.4 Å². The predicted octanol–water partition coefficient (Wildman–Crippen LogP) is 3.46. The fourth-order valence-corrected chi connectivity index (χ4v) is 3.85. The summed E-state index contributed by atoms with van der Waals surface area (Å²) in [6.07, 6.45) is 11.6. The van der Waals surface area contributed by atoms with E-state index in [1.165, 1.54) is 12.4 Å². The van der Waals surface area contributed by atoms with E-state index in [4.69, 9.17) is 6.42 Å². The smallest absolute Gasteiger partial charge is 0.358 e. The summed E-state index contributed by atoms with van der Waals surface area (Å²) in [7, 11) is 3.81. The number of quaternary nitrogens is 1. The van der Waals surface area contributed by atoms with Crippen LogP contribution in [0.25, 0.3) is 10.9 Å². The number of aryl methyl sites for hydroxylation is 1. The number of likely N-dealkylation sites (N-methyl/N-ethyl adjacent to an activating group) is 1. The number of imidazole rings is 1. The highest BCUT2D eigenvalue weighted by atomic mass is 16.6. The van der Waals surface area contributed by atoms with Crippen LogP contribution in [0.3, 0.4) is 0 Å². The molecule has 38 heavy (non-hydrogen) atoms. The minimum Gasteiger partial charge on any atom is -0.358 e. The third-order valence-electron chi connectivity index (χ3n) is 5.57. The number of benzene rings is 1. The number of hydrogen-bond acceptors (Lipinski definition) is 8. The Balaban J connectivity index is 1.43. The van der Waals surface area contributed by atoms with Gasteiger partial charge in [-0.3, -0.25) is 4.79 Å². The van der Waals surface area contributed by atoms with Gasteiger partial charge in [-0.1, -0.05) is 12.0 Å². The molecular weight excluding hydrogens is 486 g/mol. The van der Waals surface area contributed by atoms with Crippen LogP contribution in [-0.4, -0.2) is 60.9 Å². The van der Waals surface area contributed by atoms with Gasteiger partial charge in [-0.25, -0.2) is 15.0 Å². The Morgan fingerprint density at radius 3 is 2.84 bits per heavy atom. The van der Waals surface area contributed by atoms with Gasteiger partial charge in [-0.05, 0) is 40.2 Å². The van der Waals surface area contributed by atoms with Crippen LogP contribution in [0, 0.1) is 29.4 Å². The first-order valence-corrected chi connectivity index (χ1v) is 11.6. The maximum atomic E-state index is 12.6. The molecule has 0 atom stereocenters. The van der Waals surface area contributed by atoms with Gasteiger partial charge in [-0.2, -0.15) is 0 Å². The van der Waals surface area contributed by atoms with Gasteiger partial charge in [0.05, 0.1) is 32.4 Å². The summed E-state index contributed by atoms with van der Waals surface area (Å²) in [5.41, 5.74) is 2.54. The lowest BCUT2D eigenvalue weighted by molar-refractivity contribution is -0.898. The number of aromatic nitrogens is 5. The normalized spacial score (nSPS) is 11.4. The van der Waals surface area contributed by atoms with Gasteiger partial charge in [0.25, 0.3) is 0 Å². The molecule has 192 valence electrons. The monoisotopic (exact) mass is 512 g/mol. The molecule has 4 aromatic rings. The zero-order chi connectivity index (χ0) is 27.3. The summed E-state index contributed by atoms with van der Waals surface area (Å²) in [6, 6.07) is 9.06. The molecular formula is C26H26N9O3+. The van der Waals surface area contributed by atoms with Crippen LogP contribution in [0.15, 0.2) is 55.0 Å². The molecule has 0 bridgehead atoms. The van der Waals surface area contributed by atoms with Crippen molar-refractivity contribution in [3.63, 3.8) is 0 Å². The van der Waals surface area contributed by atoms with E-state index in [-0.39, 0.29) is 11.7 Å². The first-order chi connectivity index (χ1) is 18.1. The zero-order valence-corrected chi connectivity index (χ0v) is 21.1. The summed E-state index contributed by atoms with van der Waals surface area (Å²) in [4.78, 5) is 43.0. The van der Waals surface area contributed by atoms with Crippen LogP contribution in [0.1, 0.15) is 17.1 Å². The molecule has 0 aliphatic rings. The number of hydrogen-bond donors (Lipinski definition) is 3. The highest BCUT2D eigenvalue weighted by Gasteiger charge is 2.26. The van der Waals surface area contributed by atoms with Crippen molar-refractivity contribution in [3.8, 4) is 12.3 Å². The molecule has 0 fully saturated rings. The van der Waals surface area contributed by atoms with E-state index in [1.54, 1.807) is 25.3 Å². The molecule has 0 saturated carbocycles. The van der Waals surface area contributed by atoms with E-state index in [0.29, 0.717) is 51.6 Å². The summed E-state index contributed by atoms with van der Waals surface area (Å²) in [5, 5.41) is 17.9. The van der Waals surface area contributed by atoms with Crippen LogP contribution in [0.4, 0.5) is 23.1 Å². The maximum absolute atomic E-state index is 12.6. The third kappa shape index (κ3) is 6.34. The van der Waals surface area contributed by atoms with Crippen LogP contribution in [-0.2, 0) is 11.3 Å². The van der Waals surface area contributed by atoms with Crippen LogP contribution >= 0.6 is 0 Å². The van der Waals surface area contributed by atoms with E-state index < -0.39 is 4.92 Å². The fourth-order valence-electron chi connectivity index (χ4n) is 3.85. The Kier molecular flexibility index (Phi) is 7.40. The van der Waals surface area contributed by atoms with Crippen molar-refractivity contribution in [2.45, 2.75) is 13.5 Å². The molecule has 0 unspecified atom stereocenters. The van der Waals surface area contributed by atoms with Crippen molar-refractivity contribution in [2.24, 2.45) is 0 Å². The maximum Gasteiger partial charge on any atom is 0.390 e. The largest absolute Gasteiger partial charge is 0.390 e. The lowest BCUT2D eigenvalue weighted by atomic mass is 10.2. The standard InChI is InChI=1S/C26H25N9O3/c1-5-18-8-6-9-19(12-18)32-25-20-13-23(27-14-21(20)28-16-29-25)33-24(36)10-7-11-35(3,4)15-22-26(34(37)38)31-17(2)30-22/h1,6-10,12-14,16H,11,15H2,2-4H3,(H2-,27,28,29,30,31,32,33,36)/p+1/b10-7+. The van der Waals surface area contributed by atoms with Crippen LogP contribution in [0.2, 0.25) is 0 Å². The number of nitrogens with one attached hydrogen (secondary N) is 3. The lowest BCUT2D eigenvalue weighted by Crippen LogP contribution is -2.39. The Morgan fingerprint density at radius 2 is 2.08 bits per heavy atom. The molecule has 0 saturated heterocycles. The van der Waals surface area contributed by atoms with E-state index in [9.17, 15) is 14.9 Å². The van der Waals surface area contributed by atoms with Crippen molar-refractivity contribution in [2.75, 3.05) is 31.3 Å². The molecule has 1 aromatic carbocycles. The lowest BCUT2D eigenvalue weighted by Gasteiger charge is -2.27. The summed E-state index contributed by atoms with van der Waals surface area (Å²) < 4.78 is 0.369. The zero-order valence-electron chi connectivity index (χ0n) is 21.1. The van der Waals surface area contributed by atoms with Crippen molar-refractivity contribution in [1.82, 2.24) is 24.9 Å². The van der Waals surface area contributed by atoms with Crippen molar-refractivity contribution in [1.29, 1.82) is 0 Å². The SMILES string of the molecule is C#Cc1cccc(Nc2ncnc3cnc(NC(=O)/C=C/C[N+](C)(C)Cc4[nH]c(C)nc4[N+](=O)[O-])cc23)c1. The number of aromatic amines is 1. The minimum absolute atomic E-state index is 0.181. The first kappa shape index (κ1) is 25.9. The van der Waals surface area contributed by atoms with Crippen molar-refractivity contribution >= 4 is 40.0 Å². The van der Waals surface area contributed by atoms with E-state index in [2.05, 4.69) is 41.5 Å². The molecule has 12 heteroatoms. The van der Waals surface area contributed by atoms with Gasteiger partial charge in [0.15, 0.2) is 5.69 Å². The molecule has 1 amide bonds. The molecule has 0 radical (unpaired) electrons. The predicted molar refractivity (Wildman–Crippen MR) is 143 cm³/mol. The molecule has 0 spiro atoms. The Morgan fingerprint density at radius 1 is 1.26 bits per heavy atom. The summed E-state index contributed by atoms with van der Waals surface area (Å²) in [5.74, 6) is 3.40. The average Bonchev–Trinajstić information content (AvgIpc) is 3.23. The van der Waals surface area contributed by atoms with Gasteiger partial charge in [0.1, 0.15) is 24.5 Å². The highest BCUT2D eigenvalue weighted by Crippen LogP contribution is 2.25. The number of pyridine rings is 1. The second-order valence-corrected chi connectivity index (χ2v) is 9.21. The molecule has 3 aromatic heterocycles. The highest BCUT2D eigenvalue weighted by molar-refractivity contribution is 6.00. The number of carbonyl (C=O) groups is 1. The van der Waals surface area contributed by atoms with Crippen molar-refractivity contribution < 1.29 is 14.2 Å². The number of terminal acetylenes is 1. The number of nitro groups is 1. The number of nitrogens with zero attached hydrogens (tertiary/aromatic N) is 6. The van der Waals surface area contributed by atoms with E-state index in [0.717, 1.165) is 11.3 Å². The quantitative estimate of drug-likeness (QED) is 0.101. The number of carbonyl (C=O) groups excluding carboxylic acids is 1. The minimum atomic E-state index is -0.501. The van der Waals surface area contributed by atoms with Gasteiger partial charge < -0.3 is 30.2 Å². The molecule has 3 N–H and O–H groups in total. The second-order valence-electron chi connectivity index (χ2n) is 9.21. The number of rotatable bonds is 9. The number of amides is 1. The molecule has 0 aliphatic heterocycles. The molecule has 3 heterocycles. The van der Waals surface area contributed by atoms with Crippen LogP contribution < -0.4 is 10.6 Å². The van der Waals surface area contributed by atoms with Crippen molar-refractivity contribution in [3.05, 3.63) is 82.2 Å². The van der Waals surface area contributed by atoms with Crippen LogP contribution in [0.5, 0.6) is 0 Å². The Labute approximate surface area is 218 Å². The molecule has 4 rings (SSSR count). The fraction of sp³-hybridized carbons (Fsp3) is 0.192. The Bertz CT molecular complexity index is 1580. The topological polar surface area (TPSA) is 152 Å². The average molecular weight is 513 g/mol. The van der Waals surface area contributed by atoms with Gasteiger partial charge in [0.2, 0.25) is 11.7 Å². The van der Waals surface area contributed by atoms with E-state index >= 15 is 0 Å². The number of fused-ring (bicyclic) bond motifs is 1. The third-order valence-corrected chi connectivity index (χ3v) is 5.57. The number of anilines is 3. The molecule has 0 aliphatic carbocycles. The summed E-state index contributed by atoms with van der Waals surface area (Å²) in [6.45, 7) is 2.46. The number of H-pyrrole nitrogens is 1. The second kappa shape index (κ2) is 10.9. The molecule has 12 nitrogen and oxygen atoms in total. The summed E-state index contributed by atoms with van der Waals surface area (Å²) >= 11 is 0. The Hall–Kier alpha value is -5.15. The van der Waals surface area contributed by atoms with Gasteiger partial charge in [-0.15, -0.1) is 6.42 Å². The van der Waals surface area contributed by atoms with Gasteiger partial charge in [0, 0.05) is 29.6 Å². The van der Waals surface area contributed by atoms with Gasteiger partial charge >= 0.3 is 5.82 Å².